The Morgan fingerprint density at radius 2 is 1.62 bits per heavy atom. The average Bonchev–Trinajstić information content (AvgIpc) is 2.37. The maximum Gasteiger partial charge on any atom is 0.414 e. The highest BCUT2D eigenvalue weighted by molar-refractivity contribution is 6.30. The molecule has 118 valence electrons. The zero-order valence-corrected chi connectivity index (χ0v) is 11.1. The van der Waals surface area contributed by atoms with Crippen LogP contribution in [-0.2, 0) is 9.59 Å². The summed E-state index contributed by atoms with van der Waals surface area (Å²) < 4.78 is 37.0. The maximum absolute atomic E-state index is 12.3. The lowest BCUT2D eigenvalue weighted by Crippen LogP contribution is -2.42. The third-order valence-corrected chi connectivity index (χ3v) is 2.25. The first kappa shape index (κ1) is 19.0. The number of carboxylic acid groups (broad SMARTS) is 2. The molecule has 1 unspecified atom stereocenters. The fourth-order valence-corrected chi connectivity index (χ4v) is 1.15. The van der Waals surface area contributed by atoms with Gasteiger partial charge in [0.15, 0.2) is 0 Å². The second kappa shape index (κ2) is 8.32. The molecule has 0 aliphatic rings. The summed E-state index contributed by atoms with van der Waals surface area (Å²) in [5.74, 6) is -3.65. The number of alkyl halides is 3. The topological polar surface area (TPSA) is 113 Å². The minimum atomic E-state index is -4.35. The molecule has 0 aromatic heterocycles. The molecule has 0 bridgehead atoms. The normalized spacial score (nSPS) is 11.9. The van der Waals surface area contributed by atoms with Gasteiger partial charge in [-0.15, -0.1) is 0 Å². The lowest BCUT2D eigenvalue weighted by Gasteiger charge is -2.20. The second-order valence-electron chi connectivity index (χ2n) is 3.59. The van der Waals surface area contributed by atoms with Crippen LogP contribution in [-0.4, -0.2) is 40.9 Å². The van der Waals surface area contributed by atoms with E-state index in [1.165, 1.54) is 24.3 Å². The van der Waals surface area contributed by atoms with E-state index in [0.29, 0.717) is 10.7 Å². The lowest BCUT2D eigenvalue weighted by atomic mass is 10.2. The molecule has 1 rings (SSSR count). The molecule has 0 heterocycles. The van der Waals surface area contributed by atoms with Gasteiger partial charge in [0.25, 0.3) is 0 Å². The van der Waals surface area contributed by atoms with Crippen molar-refractivity contribution in [1.29, 1.82) is 0 Å². The van der Waals surface area contributed by atoms with Crippen molar-refractivity contribution in [2.45, 2.75) is 12.2 Å². The number of carboxylic acids is 2. The van der Waals surface area contributed by atoms with Crippen molar-refractivity contribution >= 4 is 29.2 Å². The quantitative estimate of drug-likeness (QED) is 0.629. The molecule has 0 aliphatic carbocycles. The van der Waals surface area contributed by atoms with Gasteiger partial charge in [0.1, 0.15) is 6.04 Å². The molecule has 0 spiro atoms. The van der Waals surface area contributed by atoms with Gasteiger partial charge >= 0.3 is 18.1 Å². The van der Waals surface area contributed by atoms with Crippen molar-refractivity contribution in [3.8, 4) is 0 Å². The Bertz CT molecular complexity index is 467. The zero-order valence-electron chi connectivity index (χ0n) is 10.4. The number of rotatable bonds is 3. The molecule has 1 atom stereocenters. The molecule has 0 amide bonds. The van der Waals surface area contributed by atoms with Gasteiger partial charge in [-0.3, -0.25) is 0 Å². The molecule has 6 nitrogen and oxygen atoms in total. The van der Waals surface area contributed by atoms with Gasteiger partial charge in [0, 0.05) is 17.3 Å². The molecule has 1 aromatic carbocycles. The van der Waals surface area contributed by atoms with Gasteiger partial charge in [0.2, 0.25) is 0 Å². The molecule has 0 radical (unpaired) electrons. The molecular weight excluding hydrogens is 317 g/mol. The van der Waals surface area contributed by atoms with Crippen molar-refractivity contribution < 1.29 is 33.0 Å². The Morgan fingerprint density at radius 1 is 1.19 bits per heavy atom. The van der Waals surface area contributed by atoms with E-state index in [1.807, 2.05) is 0 Å². The van der Waals surface area contributed by atoms with Gasteiger partial charge in [-0.05, 0) is 24.3 Å². The zero-order chi connectivity index (χ0) is 16.6. The van der Waals surface area contributed by atoms with E-state index in [9.17, 15) is 13.2 Å². The number of anilines is 1. The van der Waals surface area contributed by atoms with Gasteiger partial charge < -0.3 is 21.3 Å². The number of nitrogens with one attached hydrogen (secondary N) is 1. The summed E-state index contributed by atoms with van der Waals surface area (Å²) in [5, 5.41) is 17.5. The highest BCUT2D eigenvalue weighted by Gasteiger charge is 2.38. The van der Waals surface area contributed by atoms with Gasteiger partial charge in [-0.1, -0.05) is 11.6 Å². The monoisotopic (exact) mass is 328 g/mol. The number of halogens is 4. The first-order valence-corrected chi connectivity index (χ1v) is 5.70. The molecule has 5 N–H and O–H groups in total. The smallest absolute Gasteiger partial charge is 0.414 e. The van der Waals surface area contributed by atoms with E-state index in [1.54, 1.807) is 0 Å². The largest absolute Gasteiger partial charge is 0.473 e. The van der Waals surface area contributed by atoms with Crippen LogP contribution in [0.3, 0.4) is 0 Å². The lowest BCUT2D eigenvalue weighted by molar-refractivity contribution is -0.159. The van der Waals surface area contributed by atoms with Gasteiger partial charge in [-0.25, -0.2) is 9.59 Å². The molecule has 0 saturated heterocycles. The van der Waals surface area contributed by atoms with Crippen molar-refractivity contribution in [2.24, 2.45) is 5.73 Å². The number of aliphatic carboxylic acids is 2. The third-order valence-electron chi connectivity index (χ3n) is 2.00. The van der Waals surface area contributed by atoms with E-state index in [0.717, 1.165) is 0 Å². The fourth-order valence-electron chi connectivity index (χ4n) is 1.02. The first-order valence-electron chi connectivity index (χ1n) is 5.33. The van der Waals surface area contributed by atoms with E-state index in [-0.39, 0.29) is 0 Å². The van der Waals surface area contributed by atoms with Crippen molar-refractivity contribution in [3.05, 3.63) is 29.3 Å². The van der Waals surface area contributed by atoms with Crippen LogP contribution in [0.5, 0.6) is 0 Å². The molecule has 1 aromatic rings. The summed E-state index contributed by atoms with van der Waals surface area (Å²) in [5.41, 5.74) is 5.37. The number of hydrogen-bond acceptors (Lipinski definition) is 4. The Labute approximate surface area is 122 Å². The summed E-state index contributed by atoms with van der Waals surface area (Å²) in [6.45, 7) is -0.508. The van der Waals surface area contributed by atoms with E-state index >= 15 is 0 Å². The number of benzene rings is 1. The fraction of sp³-hybridized carbons (Fsp3) is 0.273. The third kappa shape index (κ3) is 8.00. The van der Waals surface area contributed by atoms with Crippen LogP contribution in [0.25, 0.3) is 0 Å². The molecule has 21 heavy (non-hydrogen) atoms. The molecule has 10 heteroatoms. The maximum atomic E-state index is 12.3. The van der Waals surface area contributed by atoms with Crippen LogP contribution in [0.1, 0.15) is 0 Å². The van der Waals surface area contributed by atoms with Gasteiger partial charge in [0.05, 0.1) is 0 Å². The Hall–Kier alpha value is -2.00. The number of nitrogens with two attached hydrogens (primary N) is 1. The number of hydrogen-bond donors (Lipinski definition) is 4. The van der Waals surface area contributed by atoms with Crippen LogP contribution in [0.2, 0.25) is 5.02 Å². The summed E-state index contributed by atoms with van der Waals surface area (Å²) in [7, 11) is 0. The molecular formula is C11H12ClF3N2O4. The second-order valence-corrected chi connectivity index (χ2v) is 4.03. The SMILES string of the molecule is NCC(Nc1ccc(Cl)cc1)C(F)(F)F.O=C(O)C(=O)O. The minimum Gasteiger partial charge on any atom is -0.473 e. The van der Waals surface area contributed by atoms with Crippen molar-refractivity contribution in [3.63, 3.8) is 0 Å². The van der Waals surface area contributed by atoms with Crippen LogP contribution in [0.4, 0.5) is 18.9 Å². The minimum absolute atomic E-state index is 0.340. The van der Waals surface area contributed by atoms with Crippen LogP contribution < -0.4 is 11.1 Å². The highest BCUT2D eigenvalue weighted by atomic mass is 35.5. The molecule has 0 fully saturated rings. The van der Waals surface area contributed by atoms with Crippen molar-refractivity contribution in [1.82, 2.24) is 0 Å². The first-order chi connectivity index (χ1) is 9.57. The summed E-state index contributed by atoms with van der Waals surface area (Å²) in [6, 6.07) is 4.22. The van der Waals surface area contributed by atoms with E-state index < -0.39 is 30.7 Å². The van der Waals surface area contributed by atoms with E-state index in [4.69, 9.17) is 37.1 Å². The standard InChI is InChI=1S/C9H10ClF3N2.C2H2O4/c10-6-1-3-7(4-2-6)15-8(5-14)9(11,12)13;3-1(4)2(5)6/h1-4,8,15H,5,14H2;(H,3,4)(H,5,6). The average molecular weight is 329 g/mol. The van der Waals surface area contributed by atoms with Crippen LogP contribution in [0, 0.1) is 0 Å². The van der Waals surface area contributed by atoms with Gasteiger partial charge in [-0.2, -0.15) is 13.2 Å². The Balaban J connectivity index is 0.000000567. The molecule has 0 aliphatic heterocycles. The van der Waals surface area contributed by atoms with Crippen LogP contribution in [0.15, 0.2) is 24.3 Å². The predicted molar refractivity (Wildman–Crippen MR) is 69.2 cm³/mol. The number of carbonyl (C=O) groups is 2. The summed E-state index contributed by atoms with van der Waals surface area (Å²) >= 11 is 5.60. The summed E-state index contributed by atoms with van der Waals surface area (Å²) in [4.78, 5) is 18.2. The predicted octanol–water partition coefficient (Wildman–Crippen LogP) is 1.80. The van der Waals surface area contributed by atoms with Crippen molar-refractivity contribution in [2.75, 3.05) is 11.9 Å². The van der Waals surface area contributed by atoms with Crippen LogP contribution >= 0.6 is 11.6 Å². The highest BCUT2D eigenvalue weighted by Crippen LogP contribution is 2.23. The van der Waals surface area contributed by atoms with E-state index in [2.05, 4.69) is 5.32 Å². The Morgan fingerprint density at radius 3 is 1.90 bits per heavy atom. The molecule has 0 saturated carbocycles. The summed E-state index contributed by atoms with van der Waals surface area (Å²) in [6.07, 6.45) is -4.35. The Kier molecular flexibility index (Phi) is 7.53.